The van der Waals surface area contributed by atoms with Crippen molar-refractivity contribution in [2.45, 2.75) is 20.3 Å². The normalized spacial score (nSPS) is 20.5. The maximum atomic E-state index is 10.6. The summed E-state index contributed by atoms with van der Waals surface area (Å²) in [6, 6.07) is 0. The third-order valence-electron chi connectivity index (χ3n) is 2.66. The first kappa shape index (κ1) is 12.5. The summed E-state index contributed by atoms with van der Waals surface area (Å²) in [6.07, 6.45) is 1.08. The quantitative estimate of drug-likeness (QED) is 0.749. The number of carboxylic acid groups (broad SMARTS) is 1. The van der Waals surface area contributed by atoms with Gasteiger partial charge in [-0.2, -0.15) is 0 Å². The fraction of sp³-hybridized carbons (Fsp3) is 0.909. The van der Waals surface area contributed by atoms with Crippen LogP contribution < -0.4 is 0 Å². The highest BCUT2D eigenvalue weighted by Crippen LogP contribution is 2.05. The average Bonchev–Trinajstić information content (AvgIpc) is 2.29. The summed E-state index contributed by atoms with van der Waals surface area (Å²) in [5, 5.41) is 8.71. The largest absolute Gasteiger partial charge is 0.480 e. The molecule has 0 aromatic carbocycles. The smallest absolute Gasteiger partial charge is 0.317 e. The molecule has 1 N–H and O–H groups in total. The number of hydrogen-bond acceptors (Lipinski definition) is 3. The third kappa shape index (κ3) is 5.14. The lowest BCUT2D eigenvalue weighted by molar-refractivity contribution is -0.138. The van der Waals surface area contributed by atoms with Gasteiger partial charge >= 0.3 is 5.97 Å². The van der Waals surface area contributed by atoms with Gasteiger partial charge in [-0.25, -0.2) is 0 Å². The molecular weight excluding hydrogens is 192 g/mol. The van der Waals surface area contributed by atoms with Crippen LogP contribution in [-0.4, -0.2) is 60.1 Å². The van der Waals surface area contributed by atoms with Crippen LogP contribution in [0.15, 0.2) is 0 Å². The van der Waals surface area contributed by atoms with Gasteiger partial charge in [-0.3, -0.25) is 9.69 Å². The second-order valence-electron chi connectivity index (χ2n) is 4.72. The van der Waals surface area contributed by atoms with Gasteiger partial charge in [0.15, 0.2) is 0 Å². The van der Waals surface area contributed by atoms with Gasteiger partial charge in [-0.1, -0.05) is 13.8 Å². The van der Waals surface area contributed by atoms with E-state index in [1.54, 1.807) is 0 Å². The maximum Gasteiger partial charge on any atom is 0.317 e. The van der Waals surface area contributed by atoms with Crippen molar-refractivity contribution in [3.05, 3.63) is 0 Å². The van der Waals surface area contributed by atoms with E-state index in [-0.39, 0.29) is 6.54 Å². The van der Waals surface area contributed by atoms with Gasteiger partial charge in [0, 0.05) is 26.2 Å². The molecule has 1 heterocycles. The number of carboxylic acids is 1. The lowest BCUT2D eigenvalue weighted by atomic mass is 10.2. The Morgan fingerprint density at radius 2 is 1.80 bits per heavy atom. The van der Waals surface area contributed by atoms with Gasteiger partial charge in [0.05, 0.1) is 6.54 Å². The van der Waals surface area contributed by atoms with Crippen LogP contribution in [0.4, 0.5) is 0 Å². The van der Waals surface area contributed by atoms with Crippen molar-refractivity contribution in [1.82, 2.24) is 9.80 Å². The third-order valence-corrected chi connectivity index (χ3v) is 2.66. The minimum atomic E-state index is -0.715. The summed E-state index contributed by atoms with van der Waals surface area (Å²) in [5.41, 5.74) is 0. The van der Waals surface area contributed by atoms with Crippen molar-refractivity contribution in [1.29, 1.82) is 0 Å². The zero-order valence-electron chi connectivity index (χ0n) is 9.78. The Morgan fingerprint density at radius 1 is 1.20 bits per heavy atom. The Balaban J connectivity index is 2.31. The molecule has 88 valence electrons. The molecule has 4 nitrogen and oxygen atoms in total. The van der Waals surface area contributed by atoms with Crippen molar-refractivity contribution >= 4 is 5.97 Å². The molecule has 15 heavy (non-hydrogen) atoms. The topological polar surface area (TPSA) is 43.8 Å². The van der Waals surface area contributed by atoms with E-state index in [1.807, 2.05) is 4.90 Å². The van der Waals surface area contributed by atoms with Gasteiger partial charge < -0.3 is 10.0 Å². The zero-order valence-corrected chi connectivity index (χ0v) is 9.78. The van der Waals surface area contributed by atoms with Crippen LogP contribution in [0.3, 0.4) is 0 Å². The first-order chi connectivity index (χ1) is 7.08. The van der Waals surface area contributed by atoms with Gasteiger partial charge in [0.1, 0.15) is 0 Å². The summed E-state index contributed by atoms with van der Waals surface area (Å²) in [4.78, 5) is 15.1. The Kier molecular flexibility index (Phi) is 5.05. The Labute approximate surface area is 91.9 Å². The van der Waals surface area contributed by atoms with Crippen molar-refractivity contribution in [3.63, 3.8) is 0 Å². The number of aliphatic carboxylic acids is 1. The molecule has 0 aromatic rings. The molecular formula is C11H22N2O2. The highest BCUT2D eigenvalue weighted by Gasteiger charge is 2.16. The molecule has 1 aliphatic heterocycles. The van der Waals surface area contributed by atoms with Crippen LogP contribution in [-0.2, 0) is 4.79 Å². The van der Waals surface area contributed by atoms with E-state index in [1.165, 1.54) is 0 Å². The predicted octanol–water partition coefficient (Wildman–Crippen LogP) is 0.735. The standard InChI is InChI=1S/C11H22N2O2/c1-10(2)8-12-4-3-5-13(7-6-12)9-11(14)15/h10H,3-9H2,1-2H3,(H,14,15). The van der Waals surface area contributed by atoms with Crippen molar-refractivity contribution in [2.75, 3.05) is 39.3 Å². The van der Waals surface area contributed by atoms with Gasteiger partial charge in [-0.15, -0.1) is 0 Å². The van der Waals surface area contributed by atoms with Crippen molar-refractivity contribution in [2.24, 2.45) is 5.92 Å². The van der Waals surface area contributed by atoms with E-state index < -0.39 is 5.97 Å². The Bertz CT molecular complexity index is 207. The molecule has 1 fully saturated rings. The summed E-state index contributed by atoms with van der Waals surface area (Å²) in [5.74, 6) is -0.0247. The van der Waals surface area contributed by atoms with Gasteiger partial charge in [0.2, 0.25) is 0 Å². The Hall–Kier alpha value is -0.610. The fourth-order valence-corrected chi connectivity index (χ4v) is 2.07. The summed E-state index contributed by atoms with van der Waals surface area (Å²) < 4.78 is 0. The maximum absolute atomic E-state index is 10.6. The van der Waals surface area contributed by atoms with Gasteiger partial charge in [0.25, 0.3) is 0 Å². The molecule has 0 saturated carbocycles. The molecule has 0 spiro atoms. The minimum absolute atomic E-state index is 0.190. The van der Waals surface area contributed by atoms with Crippen LogP contribution in [0.25, 0.3) is 0 Å². The zero-order chi connectivity index (χ0) is 11.3. The van der Waals surface area contributed by atoms with Crippen LogP contribution in [0, 0.1) is 5.92 Å². The molecule has 0 atom stereocenters. The van der Waals surface area contributed by atoms with Crippen LogP contribution in [0.5, 0.6) is 0 Å². The van der Waals surface area contributed by atoms with E-state index in [0.717, 1.165) is 39.1 Å². The lowest BCUT2D eigenvalue weighted by Gasteiger charge is -2.22. The SMILES string of the molecule is CC(C)CN1CCCN(CC(=O)O)CC1. The van der Waals surface area contributed by atoms with Crippen molar-refractivity contribution in [3.8, 4) is 0 Å². The lowest BCUT2D eigenvalue weighted by Crippen LogP contribution is -2.35. The molecule has 0 aliphatic carbocycles. The molecule has 0 amide bonds. The predicted molar refractivity (Wildman–Crippen MR) is 60.0 cm³/mol. The van der Waals surface area contributed by atoms with E-state index in [9.17, 15) is 4.79 Å². The molecule has 0 unspecified atom stereocenters. The number of nitrogens with zero attached hydrogens (tertiary/aromatic N) is 2. The summed E-state index contributed by atoms with van der Waals surface area (Å²) >= 11 is 0. The average molecular weight is 214 g/mol. The molecule has 1 saturated heterocycles. The number of hydrogen-bond donors (Lipinski definition) is 1. The van der Waals surface area contributed by atoms with Crippen molar-refractivity contribution < 1.29 is 9.90 Å². The van der Waals surface area contributed by atoms with Crippen LogP contribution >= 0.6 is 0 Å². The second-order valence-corrected chi connectivity index (χ2v) is 4.72. The van der Waals surface area contributed by atoms with E-state index in [4.69, 9.17) is 5.11 Å². The number of rotatable bonds is 4. The second kappa shape index (κ2) is 6.08. The highest BCUT2D eigenvalue weighted by atomic mass is 16.4. The first-order valence-electron chi connectivity index (χ1n) is 5.74. The summed E-state index contributed by atoms with van der Waals surface area (Å²) in [6.45, 7) is 9.68. The van der Waals surface area contributed by atoms with E-state index in [0.29, 0.717) is 5.92 Å². The molecule has 0 aromatic heterocycles. The van der Waals surface area contributed by atoms with E-state index in [2.05, 4.69) is 18.7 Å². The minimum Gasteiger partial charge on any atom is -0.480 e. The fourth-order valence-electron chi connectivity index (χ4n) is 2.07. The van der Waals surface area contributed by atoms with Crippen LogP contribution in [0.2, 0.25) is 0 Å². The number of carbonyl (C=O) groups is 1. The monoisotopic (exact) mass is 214 g/mol. The van der Waals surface area contributed by atoms with Crippen LogP contribution in [0.1, 0.15) is 20.3 Å². The Morgan fingerprint density at radius 3 is 2.40 bits per heavy atom. The molecule has 1 aliphatic rings. The highest BCUT2D eigenvalue weighted by molar-refractivity contribution is 5.69. The first-order valence-corrected chi connectivity index (χ1v) is 5.74. The molecule has 4 heteroatoms. The molecule has 0 radical (unpaired) electrons. The van der Waals surface area contributed by atoms with Gasteiger partial charge in [-0.05, 0) is 18.9 Å². The summed E-state index contributed by atoms with van der Waals surface area (Å²) in [7, 11) is 0. The molecule has 1 rings (SSSR count). The molecule has 0 bridgehead atoms. The van der Waals surface area contributed by atoms with E-state index >= 15 is 0 Å².